The maximum atomic E-state index is 14.9. The number of amides is 1. The Morgan fingerprint density at radius 2 is 1.65 bits per heavy atom. The third-order valence-electron chi connectivity index (χ3n) is 5.51. The van der Waals surface area contributed by atoms with Crippen LogP contribution in [0.25, 0.3) is 0 Å². The van der Waals surface area contributed by atoms with Gasteiger partial charge in [0.15, 0.2) is 0 Å². The zero-order valence-electron chi connectivity index (χ0n) is 17.6. The van der Waals surface area contributed by atoms with E-state index in [2.05, 4.69) is 0 Å². The SMILES string of the molecule is CC(C)(C)OC(=O)N1CC(C=C(F)B2OC(C)(C)C(C)(C)O2)C(C)(C)C1. The molecule has 0 aliphatic carbocycles. The highest BCUT2D eigenvalue weighted by Crippen LogP contribution is 2.41. The van der Waals surface area contributed by atoms with Gasteiger partial charge in [0, 0.05) is 19.0 Å². The van der Waals surface area contributed by atoms with Gasteiger partial charge in [0.1, 0.15) is 11.3 Å². The van der Waals surface area contributed by atoms with Gasteiger partial charge in [0.25, 0.3) is 0 Å². The molecule has 1 unspecified atom stereocenters. The molecule has 0 saturated carbocycles. The Kier molecular flexibility index (Phi) is 5.32. The van der Waals surface area contributed by atoms with Crippen LogP contribution in [0.1, 0.15) is 62.3 Å². The summed E-state index contributed by atoms with van der Waals surface area (Å²) >= 11 is 0. The van der Waals surface area contributed by atoms with E-state index in [4.69, 9.17) is 14.0 Å². The van der Waals surface area contributed by atoms with Crippen molar-refractivity contribution < 1.29 is 23.2 Å². The molecule has 148 valence electrons. The smallest absolute Gasteiger partial charge is 0.444 e. The first-order valence-electron chi connectivity index (χ1n) is 9.25. The lowest BCUT2D eigenvalue weighted by Gasteiger charge is -2.32. The molecule has 0 bridgehead atoms. The minimum atomic E-state index is -1.01. The first kappa shape index (κ1) is 21.2. The lowest BCUT2D eigenvalue weighted by atomic mass is 9.78. The van der Waals surface area contributed by atoms with E-state index in [0.29, 0.717) is 13.1 Å². The fraction of sp³-hybridized carbons (Fsp3) is 0.842. The van der Waals surface area contributed by atoms with Gasteiger partial charge in [-0.1, -0.05) is 19.9 Å². The van der Waals surface area contributed by atoms with Gasteiger partial charge in [0.2, 0.25) is 0 Å². The molecule has 7 heteroatoms. The number of nitrogens with zero attached hydrogens (tertiary/aromatic N) is 1. The zero-order chi connectivity index (χ0) is 20.1. The highest BCUT2D eigenvalue weighted by atomic mass is 19.1. The Balaban J connectivity index is 2.11. The van der Waals surface area contributed by atoms with Gasteiger partial charge in [-0.2, -0.15) is 0 Å². The number of likely N-dealkylation sites (tertiary alicyclic amines) is 1. The molecule has 2 saturated heterocycles. The second-order valence-corrected chi connectivity index (χ2v) is 10.1. The number of hydrogen-bond donors (Lipinski definition) is 0. The second-order valence-electron chi connectivity index (χ2n) is 10.1. The molecule has 1 atom stereocenters. The molecule has 0 aromatic carbocycles. The summed E-state index contributed by atoms with van der Waals surface area (Å²) in [5, 5.41) is 0. The number of carbonyl (C=O) groups is 1. The van der Waals surface area contributed by atoms with Gasteiger partial charge in [0.05, 0.1) is 11.2 Å². The molecule has 2 aliphatic rings. The monoisotopic (exact) mass is 369 g/mol. The molecule has 5 nitrogen and oxygen atoms in total. The molecule has 0 aromatic rings. The van der Waals surface area contributed by atoms with Crippen LogP contribution in [0.4, 0.5) is 9.18 Å². The Hall–Kier alpha value is -1.08. The predicted molar refractivity (Wildman–Crippen MR) is 100 cm³/mol. The van der Waals surface area contributed by atoms with E-state index in [9.17, 15) is 9.18 Å². The largest absolute Gasteiger partial charge is 0.524 e. The summed E-state index contributed by atoms with van der Waals surface area (Å²) in [6, 6.07) is 0. The van der Waals surface area contributed by atoms with Crippen molar-refractivity contribution in [3.05, 3.63) is 11.8 Å². The third-order valence-corrected chi connectivity index (χ3v) is 5.51. The second kappa shape index (κ2) is 6.52. The van der Waals surface area contributed by atoms with E-state index in [1.54, 1.807) is 11.0 Å². The molecule has 0 aromatic heterocycles. The van der Waals surface area contributed by atoms with E-state index < -0.39 is 29.6 Å². The Labute approximate surface area is 157 Å². The van der Waals surface area contributed by atoms with Crippen LogP contribution in [-0.2, 0) is 14.0 Å². The van der Waals surface area contributed by atoms with Crippen LogP contribution in [0.15, 0.2) is 11.8 Å². The molecule has 2 aliphatic heterocycles. The van der Waals surface area contributed by atoms with Crippen molar-refractivity contribution >= 4 is 13.2 Å². The fourth-order valence-electron chi connectivity index (χ4n) is 3.13. The summed E-state index contributed by atoms with van der Waals surface area (Å²) in [7, 11) is -1.01. The van der Waals surface area contributed by atoms with E-state index in [1.807, 2.05) is 62.3 Å². The Morgan fingerprint density at radius 1 is 1.15 bits per heavy atom. The lowest BCUT2D eigenvalue weighted by molar-refractivity contribution is 0.00578. The van der Waals surface area contributed by atoms with Gasteiger partial charge in [-0.3, -0.25) is 0 Å². The minimum absolute atomic E-state index is 0.144. The molecule has 1 amide bonds. The van der Waals surface area contributed by atoms with Crippen molar-refractivity contribution in [2.45, 2.75) is 79.1 Å². The molecular weight excluding hydrogens is 336 g/mol. The van der Waals surface area contributed by atoms with Crippen LogP contribution < -0.4 is 0 Å². The van der Waals surface area contributed by atoms with Gasteiger partial charge in [-0.15, -0.1) is 0 Å². The topological polar surface area (TPSA) is 48.0 Å². The molecule has 2 rings (SSSR count). The minimum Gasteiger partial charge on any atom is -0.444 e. The Morgan fingerprint density at radius 3 is 2.12 bits per heavy atom. The average molecular weight is 369 g/mol. The number of rotatable bonds is 2. The highest BCUT2D eigenvalue weighted by molar-refractivity contribution is 6.53. The predicted octanol–water partition coefficient (Wildman–Crippen LogP) is 4.36. The highest BCUT2D eigenvalue weighted by Gasteiger charge is 2.53. The van der Waals surface area contributed by atoms with Crippen LogP contribution in [0, 0.1) is 11.3 Å². The summed E-state index contributed by atoms with van der Waals surface area (Å²) in [5.41, 5.74) is -2.43. The third kappa shape index (κ3) is 4.42. The molecule has 2 fully saturated rings. The maximum Gasteiger partial charge on any atom is 0.524 e. The molecule has 0 N–H and O–H groups in total. The maximum absolute atomic E-state index is 14.9. The zero-order valence-corrected chi connectivity index (χ0v) is 17.6. The number of ether oxygens (including phenoxy) is 1. The lowest BCUT2D eigenvalue weighted by Crippen LogP contribution is -2.41. The van der Waals surface area contributed by atoms with Crippen LogP contribution in [0.2, 0.25) is 0 Å². The fourth-order valence-corrected chi connectivity index (χ4v) is 3.13. The molecule has 0 radical (unpaired) electrons. The van der Waals surface area contributed by atoms with Crippen molar-refractivity contribution in [2.75, 3.05) is 13.1 Å². The van der Waals surface area contributed by atoms with E-state index in [1.165, 1.54) is 0 Å². The summed E-state index contributed by atoms with van der Waals surface area (Å²) in [6.45, 7) is 18.0. The van der Waals surface area contributed by atoms with Crippen molar-refractivity contribution in [1.82, 2.24) is 4.90 Å². The van der Waals surface area contributed by atoms with E-state index in [-0.39, 0.29) is 17.4 Å². The van der Waals surface area contributed by atoms with Gasteiger partial charge < -0.3 is 18.9 Å². The standard InChI is InChI=1S/C19H33BFNO4/c1-16(2,3)24-15(23)22-11-13(17(4,5)12-22)10-14(21)20-25-18(6,7)19(8,9)26-20/h10,13H,11-12H2,1-9H3. The number of hydrogen-bond acceptors (Lipinski definition) is 4. The molecule has 0 spiro atoms. The van der Waals surface area contributed by atoms with Crippen molar-refractivity contribution in [3.63, 3.8) is 0 Å². The van der Waals surface area contributed by atoms with Crippen LogP contribution in [0.3, 0.4) is 0 Å². The van der Waals surface area contributed by atoms with E-state index in [0.717, 1.165) is 0 Å². The summed E-state index contributed by atoms with van der Waals surface area (Å²) < 4.78 is 31.9. The number of carbonyl (C=O) groups excluding carboxylic acids is 1. The van der Waals surface area contributed by atoms with Gasteiger partial charge >= 0.3 is 13.2 Å². The normalized spacial score (nSPS) is 27.8. The van der Waals surface area contributed by atoms with Crippen molar-refractivity contribution in [1.29, 1.82) is 0 Å². The average Bonchev–Trinajstić information content (AvgIpc) is 2.81. The van der Waals surface area contributed by atoms with E-state index >= 15 is 0 Å². The molecular formula is C19H33BFNO4. The first-order valence-corrected chi connectivity index (χ1v) is 9.25. The van der Waals surface area contributed by atoms with Crippen LogP contribution >= 0.6 is 0 Å². The van der Waals surface area contributed by atoms with Crippen LogP contribution in [-0.4, -0.2) is 48.0 Å². The quantitative estimate of drug-likeness (QED) is 0.679. The Bertz CT molecular complexity index is 579. The molecule has 2 heterocycles. The van der Waals surface area contributed by atoms with Gasteiger partial charge in [-0.25, -0.2) is 9.18 Å². The van der Waals surface area contributed by atoms with Crippen LogP contribution in [0.5, 0.6) is 0 Å². The summed E-state index contributed by atoms with van der Waals surface area (Å²) in [5.74, 6) is -0.144. The number of halogens is 1. The summed E-state index contributed by atoms with van der Waals surface area (Å²) in [4.78, 5) is 14.0. The summed E-state index contributed by atoms with van der Waals surface area (Å²) in [6.07, 6.45) is 1.18. The van der Waals surface area contributed by atoms with Gasteiger partial charge in [-0.05, 0) is 53.9 Å². The van der Waals surface area contributed by atoms with Crippen molar-refractivity contribution in [2.24, 2.45) is 11.3 Å². The first-order chi connectivity index (χ1) is 11.5. The molecule has 26 heavy (non-hydrogen) atoms. The van der Waals surface area contributed by atoms with Crippen molar-refractivity contribution in [3.8, 4) is 0 Å².